The summed E-state index contributed by atoms with van der Waals surface area (Å²) >= 11 is 0.849. The molecule has 1 aromatic carbocycles. The van der Waals surface area contributed by atoms with Crippen LogP contribution >= 0.6 is 11.8 Å². The summed E-state index contributed by atoms with van der Waals surface area (Å²) in [6.45, 7) is 2.79. The third-order valence-corrected chi connectivity index (χ3v) is 7.40. The van der Waals surface area contributed by atoms with Crippen molar-refractivity contribution in [3.8, 4) is 11.3 Å². The Labute approximate surface area is 227 Å². The molecule has 0 atom stereocenters. The van der Waals surface area contributed by atoms with Gasteiger partial charge in [-0.1, -0.05) is 18.2 Å². The zero-order valence-electron chi connectivity index (χ0n) is 20.7. The van der Waals surface area contributed by atoms with Crippen LogP contribution in [0.15, 0.2) is 59.8 Å². The quantitative estimate of drug-likeness (QED) is 0.399. The van der Waals surface area contributed by atoms with E-state index < -0.39 is 22.9 Å². The maximum atomic E-state index is 13.2. The molecular formula is C27H25F3N6O2S. The third-order valence-electron chi connectivity index (χ3n) is 6.59. The molecule has 0 bridgehead atoms. The Balaban J connectivity index is 1.15. The Morgan fingerprint density at radius 2 is 1.90 bits per heavy atom. The van der Waals surface area contributed by atoms with Crippen LogP contribution in [0.3, 0.4) is 0 Å². The molecular weight excluding hydrogens is 529 g/mol. The van der Waals surface area contributed by atoms with Crippen molar-refractivity contribution in [2.24, 2.45) is 5.92 Å². The number of amides is 2. The monoisotopic (exact) mass is 554 g/mol. The second kappa shape index (κ2) is 11.5. The van der Waals surface area contributed by atoms with Crippen molar-refractivity contribution < 1.29 is 22.8 Å². The van der Waals surface area contributed by atoms with Gasteiger partial charge in [0.25, 0.3) is 11.1 Å². The molecule has 0 radical (unpaired) electrons. The molecule has 2 saturated heterocycles. The fraction of sp³-hybridized carbons (Fsp3) is 0.296. The first-order chi connectivity index (χ1) is 18.8. The largest absolute Gasteiger partial charge is 0.416 e. The molecule has 2 aromatic heterocycles. The number of benzene rings is 1. The van der Waals surface area contributed by atoms with Gasteiger partial charge in [-0.3, -0.25) is 19.9 Å². The van der Waals surface area contributed by atoms with Crippen molar-refractivity contribution >= 4 is 34.9 Å². The number of carbonyl (C=O) groups excluding carboxylic acids is 2. The van der Waals surface area contributed by atoms with Crippen LogP contribution < -0.4 is 15.5 Å². The number of nitrogens with zero attached hydrogens (tertiary/aromatic N) is 4. The zero-order chi connectivity index (χ0) is 27.4. The first-order valence-electron chi connectivity index (χ1n) is 12.4. The van der Waals surface area contributed by atoms with Crippen LogP contribution in [0.5, 0.6) is 0 Å². The van der Waals surface area contributed by atoms with E-state index in [1.165, 1.54) is 6.07 Å². The Kier molecular flexibility index (Phi) is 7.94. The number of halogens is 3. The van der Waals surface area contributed by atoms with Gasteiger partial charge in [0.05, 0.1) is 21.9 Å². The summed E-state index contributed by atoms with van der Waals surface area (Å²) in [6, 6.07) is 10.6. The van der Waals surface area contributed by atoms with Crippen molar-refractivity contribution in [2.75, 3.05) is 24.5 Å². The predicted octanol–water partition coefficient (Wildman–Crippen LogP) is 4.89. The molecule has 0 aliphatic carbocycles. The highest BCUT2D eigenvalue weighted by Crippen LogP contribution is 2.32. The number of imide groups is 1. The Morgan fingerprint density at radius 1 is 1.08 bits per heavy atom. The van der Waals surface area contributed by atoms with Gasteiger partial charge in [0.1, 0.15) is 0 Å². The summed E-state index contributed by atoms with van der Waals surface area (Å²) in [5, 5.41) is 5.28. The summed E-state index contributed by atoms with van der Waals surface area (Å²) < 4.78 is 39.6. The molecule has 0 saturated carbocycles. The molecule has 8 nitrogen and oxygen atoms in total. The standard InChI is InChI=1S/C27H25F3N6O2S/c28-27(29,30)20-5-1-3-18(13-20)23-19(4-2-9-32-23)16-31-15-17-7-11-36(12-8-17)25-33-10-6-21(34-25)14-22-24(37)35-26(38)39-22/h1-6,9-10,13-14,17,31H,7-8,11-12,15-16H2,(H,35,37,38)/b22-14-. The number of alkyl halides is 3. The van der Waals surface area contributed by atoms with Crippen molar-refractivity contribution in [3.63, 3.8) is 0 Å². The van der Waals surface area contributed by atoms with Crippen molar-refractivity contribution in [1.82, 2.24) is 25.6 Å². The van der Waals surface area contributed by atoms with E-state index in [0.717, 1.165) is 61.9 Å². The first-order valence-corrected chi connectivity index (χ1v) is 13.2. The van der Waals surface area contributed by atoms with Crippen molar-refractivity contribution in [2.45, 2.75) is 25.6 Å². The lowest BCUT2D eigenvalue weighted by Gasteiger charge is -2.32. The molecule has 2 aliphatic rings. The Bertz CT molecular complexity index is 1410. The Hall–Kier alpha value is -3.77. The second-order valence-corrected chi connectivity index (χ2v) is 10.3. The maximum Gasteiger partial charge on any atom is 0.416 e. The fourth-order valence-corrected chi connectivity index (χ4v) is 5.25. The molecule has 39 heavy (non-hydrogen) atoms. The summed E-state index contributed by atoms with van der Waals surface area (Å²) in [5.74, 6) is 0.572. The van der Waals surface area contributed by atoms with Gasteiger partial charge in [0, 0.05) is 37.6 Å². The van der Waals surface area contributed by atoms with Gasteiger partial charge in [-0.2, -0.15) is 13.2 Å². The second-order valence-electron chi connectivity index (χ2n) is 9.28. The van der Waals surface area contributed by atoms with Crippen LogP contribution in [-0.4, -0.2) is 45.7 Å². The molecule has 0 unspecified atom stereocenters. The van der Waals surface area contributed by atoms with E-state index >= 15 is 0 Å². The van der Waals surface area contributed by atoms with Gasteiger partial charge in [-0.25, -0.2) is 9.97 Å². The molecule has 2 amide bonds. The molecule has 5 rings (SSSR count). The highest BCUT2D eigenvalue weighted by Gasteiger charge is 2.31. The van der Waals surface area contributed by atoms with Gasteiger partial charge >= 0.3 is 6.18 Å². The van der Waals surface area contributed by atoms with Crippen LogP contribution in [0.2, 0.25) is 0 Å². The van der Waals surface area contributed by atoms with Crippen molar-refractivity contribution in [1.29, 1.82) is 0 Å². The number of hydrogen-bond acceptors (Lipinski definition) is 8. The fourth-order valence-electron chi connectivity index (χ4n) is 4.58. The number of rotatable bonds is 7. The number of piperidine rings is 1. The number of aromatic nitrogens is 3. The van der Waals surface area contributed by atoms with E-state index in [2.05, 4.69) is 30.5 Å². The number of pyridine rings is 1. The van der Waals surface area contributed by atoms with Crippen molar-refractivity contribution in [3.05, 3.63) is 76.6 Å². The zero-order valence-corrected chi connectivity index (χ0v) is 21.6. The highest BCUT2D eigenvalue weighted by atomic mass is 32.2. The molecule has 0 spiro atoms. The highest BCUT2D eigenvalue weighted by molar-refractivity contribution is 8.18. The topological polar surface area (TPSA) is 100 Å². The molecule has 2 fully saturated rings. The minimum Gasteiger partial charge on any atom is -0.341 e. The van der Waals surface area contributed by atoms with E-state index in [0.29, 0.717) is 40.3 Å². The van der Waals surface area contributed by atoms with Gasteiger partial charge in [-0.05, 0) is 73.0 Å². The summed E-state index contributed by atoms with van der Waals surface area (Å²) in [4.78, 5) is 38.9. The summed E-state index contributed by atoms with van der Waals surface area (Å²) in [7, 11) is 0. The van der Waals surface area contributed by atoms with Crippen LogP contribution in [0.1, 0.15) is 29.7 Å². The van der Waals surface area contributed by atoms with E-state index in [-0.39, 0.29) is 0 Å². The minimum atomic E-state index is -4.41. The lowest BCUT2D eigenvalue weighted by Crippen LogP contribution is -2.38. The average molecular weight is 555 g/mol. The lowest BCUT2D eigenvalue weighted by atomic mass is 9.96. The van der Waals surface area contributed by atoms with Gasteiger partial charge in [-0.15, -0.1) is 0 Å². The van der Waals surface area contributed by atoms with Gasteiger partial charge in [0.2, 0.25) is 5.95 Å². The number of hydrogen-bond donors (Lipinski definition) is 2. The minimum absolute atomic E-state index is 0.305. The molecule has 3 aromatic rings. The predicted molar refractivity (Wildman–Crippen MR) is 142 cm³/mol. The maximum absolute atomic E-state index is 13.2. The van der Waals surface area contributed by atoms with E-state index in [4.69, 9.17) is 0 Å². The van der Waals surface area contributed by atoms with Gasteiger partial charge < -0.3 is 10.2 Å². The first kappa shape index (κ1) is 26.8. The van der Waals surface area contributed by atoms with Crippen LogP contribution in [0.4, 0.5) is 23.9 Å². The van der Waals surface area contributed by atoms with E-state index in [1.54, 1.807) is 36.7 Å². The van der Waals surface area contributed by atoms with Crippen LogP contribution in [0, 0.1) is 5.92 Å². The van der Waals surface area contributed by atoms with E-state index in [1.807, 2.05) is 6.07 Å². The molecule has 2 aliphatic heterocycles. The summed E-state index contributed by atoms with van der Waals surface area (Å²) in [5.41, 5.74) is 1.68. The lowest BCUT2D eigenvalue weighted by molar-refractivity contribution is -0.137. The molecule has 2 N–H and O–H groups in total. The number of carbonyl (C=O) groups is 2. The van der Waals surface area contributed by atoms with Gasteiger partial charge in [0.15, 0.2) is 0 Å². The molecule has 12 heteroatoms. The SMILES string of the molecule is O=C1NC(=O)/C(=C/c2ccnc(N3CCC(CNCc4cccnc4-c4cccc(C(F)(F)F)c4)CC3)n2)S1. The Morgan fingerprint density at radius 3 is 2.64 bits per heavy atom. The normalized spacial score (nSPS) is 17.6. The number of nitrogens with one attached hydrogen (secondary N) is 2. The molecule has 202 valence electrons. The molecule has 4 heterocycles. The smallest absolute Gasteiger partial charge is 0.341 e. The third kappa shape index (κ3) is 6.63. The van der Waals surface area contributed by atoms with Crippen LogP contribution in [0.25, 0.3) is 17.3 Å². The van der Waals surface area contributed by atoms with Crippen LogP contribution in [-0.2, 0) is 17.5 Å². The number of anilines is 1. The average Bonchev–Trinajstić information content (AvgIpc) is 3.25. The van der Waals surface area contributed by atoms with E-state index in [9.17, 15) is 22.8 Å². The summed E-state index contributed by atoms with van der Waals surface area (Å²) in [6.07, 6.45) is 2.23. The number of thioether (sulfide) groups is 1.